The van der Waals surface area contributed by atoms with Gasteiger partial charge in [-0.3, -0.25) is 9.69 Å². The van der Waals surface area contributed by atoms with Crippen LogP contribution in [0.15, 0.2) is 48.5 Å². The normalized spacial score (nSPS) is 15.6. The highest BCUT2D eigenvalue weighted by atomic mass is 16.5. The van der Waals surface area contributed by atoms with Gasteiger partial charge in [0.05, 0.1) is 26.9 Å². The third-order valence-electron chi connectivity index (χ3n) is 4.84. The minimum atomic E-state index is 0.163. The number of methoxy groups -OCH3 is 1. The predicted molar refractivity (Wildman–Crippen MR) is 99.6 cm³/mol. The summed E-state index contributed by atoms with van der Waals surface area (Å²) >= 11 is 0. The van der Waals surface area contributed by atoms with Gasteiger partial charge in [-0.15, -0.1) is 0 Å². The number of carbonyl (C=O) groups excluding carboxylic acids is 1. The van der Waals surface area contributed by atoms with Crippen LogP contribution in [0.5, 0.6) is 5.75 Å². The summed E-state index contributed by atoms with van der Waals surface area (Å²) in [5.41, 5.74) is 0.791. The minimum Gasteiger partial charge on any atom is -0.497 e. The van der Waals surface area contributed by atoms with Crippen molar-refractivity contribution in [2.75, 3.05) is 40.0 Å². The zero-order chi connectivity index (χ0) is 17.2. The van der Waals surface area contributed by atoms with Crippen molar-refractivity contribution in [3.63, 3.8) is 0 Å². The first kappa shape index (κ1) is 16.1. The number of Topliss-reactive ketones (excluding diaryl/α,β-unsaturated/α-hetero) is 1. The molecule has 0 amide bonds. The topological polar surface area (TPSA) is 38.8 Å². The van der Waals surface area contributed by atoms with Crippen molar-refractivity contribution in [2.24, 2.45) is 0 Å². The van der Waals surface area contributed by atoms with E-state index in [2.05, 4.69) is 11.0 Å². The van der Waals surface area contributed by atoms with Gasteiger partial charge in [0.2, 0.25) is 0 Å². The Morgan fingerprint density at radius 3 is 2.56 bits per heavy atom. The van der Waals surface area contributed by atoms with Crippen molar-refractivity contribution in [3.8, 4) is 5.75 Å². The molecule has 1 saturated heterocycles. The number of rotatable bonds is 4. The molecule has 0 radical (unpaired) electrons. The zero-order valence-electron chi connectivity index (χ0n) is 14.3. The van der Waals surface area contributed by atoms with Crippen LogP contribution in [0.3, 0.4) is 0 Å². The fourth-order valence-electron chi connectivity index (χ4n) is 3.49. The molecule has 1 heterocycles. The molecule has 1 fully saturated rings. The highest BCUT2D eigenvalue weighted by Gasteiger charge is 2.18. The van der Waals surface area contributed by atoms with Gasteiger partial charge in [-0.1, -0.05) is 30.3 Å². The maximum atomic E-state index is 13.0. The fraction of sp³-hybridized carbons (Fsp3) is 0.286. The van der Waals surface area contributed by atoms with Crippen LogP contribution in [0, 0.1) is 0 Å². The molecule has 0 aliphatic carbocycles. The van der Waals surface area contributed by atoms with E-state index >= 15 is 0 Å². The quantitative estimate of drug-likeness (QED) is 0.540. The Bertz CT molecular complexity index is 929. The first-order valence-corrected chi connectivity index (χ1v) is 8.59. The van der Waals surface area contributed by atoms with Crippen LogP contribution in [-0.4, -0.2) is 50.6 Å². The van der Waals surface area contributed by atoms with Gasteiger partial charge in [-0.25, -0.2) is 0 Å². The number of ketones is 1. The average molecular weight is 335 g/mol. The molecular formula is C21H21NO3. The number of carbonyl (C=O) groups is 1. The molecule has 4 heteroatoms. The maximum Gasteiger partial charge on any atom is 0.177 e. The summed E-state index contributed by atoms with van der Waals surface area (Å²) in [6.45, 7) is 3.47. The Hall–Kier alpha value is -2.43. The largest absolute Gasteiger partial charge is 0.497 e. The number of hydrogen-bond acceptors (Lipinski definition) is 4. The van der Waals surface area contributed by atoms with Crippen LogP contribution in [-0.2, 0) is 4.74 Å². The SMILES string of the molecule is COc1ccc2cc(C(=O)CN3CCOCC3)c3ccccc3c2c1. The molecule has 0 N–H and O–H groups in total. The van der Waals surface area contributed by atoms with Crippen LogP contribution >= 0.6 is 0 Å². The number of hydrogen-bond donors (Lipinski definition) is 0. The van der Waals surface area contributed by atoms with Crippen molar-refractivity contribution >= 4 is 27.3 Å². The van der Waals surface area contributed by atoms with E-state index in [4.69, 9.17) is 9.47 Å². The van der Waals surface area contributed by atoms with Crippen LogP contribution < -0.4 is 4.74 Å². The average Bonchev–Trinajstić information content (AvgIpc) is 2.67. The highest BCUT2D eigenvalue weighted by Crippen LogP contribution is 2.31. The fourth-order valence-corrected chi connectivity index (χ4v) is 3.49. The molecule has 0 atom stereocenters. The van der Waals surface area contributed by atoms with Gasteiger partial charge in [0.25, 0.3) is 0 Å². The molecule has 1 aliphatic heterocycles. The van der Waals surface area contributed by atoms with Gasteiger partial charge >= 0.3 is 0 Å². The van der Waals surface area contributed by atoms with E-state index in [-0.39, 0.29) is 5.78 Å². The Kier molecular flexibility index (Phi) is 4.38. The number of morpholine rings is 1. The molecule has 0 saturated carbocycles. The molecule has 0 unspecified atom stereocenters. The predicted octanol–water partition coefficient (Wildman–Crippen LogP) is 3.52. The smallest absolute Gasteiger partial charge is 0.177 e. The Balaban J connectivity index is 1.80. The molecule has 128 valence electrons. The molecule has 3 aromatic rings. The molecule has 1 aliphatic rings. The van der Waals surface area contributed by atoms with E-state index in [1.165, 1.54) is 0 Å². The molecule has 0 aromatic heterocycles. The van der Waals surface area contributed by atoms with Crippen molar-refractivity contribution < 1.29 is 14.3 Å². The maximum absolute atomic E-state index is 13.0. The van der Waals surface area contributed by atoms with E-state index in [1.807, 2.05) is 42.5 Å². The van der Waals surface area contributed by atoms with Crippen molar-refractivity contribution in [2.45, 2.75) is 0 Å². The third-order valence-corrected chi connectivity index (χ3v) is 4.84. The summed E-state index contributed by atoms with van der Waals surface area (Å²) in [6, 6.07) is 16.1. The molecule has 0 spiro atoms. The molecular weight excluding hydrogens is 314 g/mol. The molecule has 25 heavy (non-hydrogen) atoms. The van der Waals surface area contributed by atoms with E-state index in [9.17, 15) is 4.79 Å². The van der Waals surface area contributed by atoms with Gasteiger partial charge in [0.1, 0.15) is 5.75 Å². The summed E-state index contributed by atoms with van der Waals surface area (Å²) in [5, 5.41) is 4.26. The van der Waals surface area contributed by atoms with Crippen molar-refractivity contribution in [3.05, 3.63) is 54.1 Å². The molecule has 4 rings (SSSR count). The van der Waals surface area contributed by atoms with E-state index in [0.29, 0.717) is 19.8 Å². The molecule has 4 nitrogen and oxygen atoms in total. The first-order valence-electron chi connectivity index (χ1n) is 8.59. The monoisotopic (exact) mass is 335 g/mol. The summed E-state index contributed by atoms with van der Waals surface area (Å²) in [7, 11) is 1.67. The zero-order valence-corrected chi connectivity index (χ0v) is 14.3. The second-order valence-electron chi connectivity index (χ2n) is 6.37. The number of fused-ring (bicyclic) bond motifs is 3. The lowest BCUT2D eigenvalue weighted by Gasteiger charge is -2.26. The standard InChI is InChI=1S/C21H21NO3/c1-24-16-7-6-15-12-20(21(23)14-22-8-10-25-11-9-22)18-5-3-2-4-17(18)19(15)13-16/h2-7,12-13H,8-11,14H2,1H3. The lowest BCUT2D eigenvalue weighted by atomic mass is 9.95. The van der Waals surface area contributed by atoms with Crippen LogP contribution in [0.2, 0.25) is 0 Å². The lowest BCUT2D eigenvalue weighted by molar-refractivity contribution is 0.0371. The van der Waals surface area contributed by atoms with Gasteiger partial charge in [-0.05, 0) is 39.7 Å². The van der Waals surface area contributed by atoms with Gasteiger partial charge in [-0.2, -0.15) is 0 Å². The van der Waals surface area contributed by atoms with Crippen LogP contribution in [0.25, 0.3) is 21.5 Å². The lowest BCUT2D eigenvalue weighted by Crippen LogP contribution is -2.39. The Morgan fingerprint density at radius 1 is 1.04 bits per heavy atom. The second kappa shape index (κ2) is 6.82. The van der Waals surface area contributed by atoms with E-state index in [1.54, 1.807) is 7.11 Å². The highest BCUT2D eigenvalue weighted by molar-refractivity contribution is 6.18. The summed E-state index contributed by atoms with van der Waals surface area (Å²) in [4.78, 5) is 15.2. The van der Waals surface area contributed by atoms with Crippen molar-refractivity contribution in [1.29, 1.82) is 0 Å². The van der Waals surface area contributed by atoms with Gasteiger partial charge in [0.15, 0.2) is 5.78 Å². The van der Waals surface area contributed by atoms with Gasteiger partial charge < -0.3 is 9.47 Å². The number of nitrogens with zero attached hydrogens (tertiary/aromatic N) is 1. The molecule has 0 bridgehead atoms. The van der Waals surface area contributed by atoms with Crippen molar-refractivity contribution in [1.82, 2.24) is 4.90 Å². The van der Waals surface area contributed by atoms with Crippen LogP contribution in [0.1, 0.15) is 10.4 Å². The summed E-state index contributed by atoms with van der Waals surface area (Å²) in [6.07, 6.45) is 0. The summed E-state index contributed by atoms with van der Waals surface area (Å²) < 4.78 is 10.7. The number of benzene rings is 3. The Labute approximate surface area is 146 Å². The van der Waals surface area contributed by atoms with Gasteiger partial charge in [0, 0.05) is 18.7 Å². The number of ether oxygens (including phenoxy) is 2. The second-order valence-corrected chi connectivity index (χ2v) is 6.37. The van der Waals surface area contributed by atoms with E-state index in [0.717, 1.165) is 45.9 Å². The Morgan fingerprint density at radius 2 is 1.80 bits per heavy atom. The minimum absolute atomic E-state index is 0.163. The first-order chi connectivity index (χ1) is 12.3. The summed E-state index contributed by atoms with van der Waals surface area (Å²) in [5.74, 6) is 0.987. The third kappa shape index (κ3) is 3.11. The van der Waals surface area contributed by atoms with Crippen LogP contribution in [0.4, 0.5) is 0 Å². The molecule has 3 aromatic carbocycles. The van der Waals surface area contributed by atoms with E-state index < -0.39 is 0 Å².